The number of piperidine rings is 1. The van der Waals surface area contributed by atoms with Crippen molar-refractivity contribution < 1.29 is 19.1 Å². The minimum absolute atomic E-state index is 0.0908. The number of rotatable bonds is 4. The van der Waals surface area contributed by atoms with Crippen LogP contribution in [-0.2, 0) is 19.1 Å². The van der Waals surface area contributed by atoms with Gasteiger partial charge < -0.3 is 24.6 Å². The molecule has 0 spiro atoms. The van der Waals surface area contributed by atoms with E-state index >= 15 is 0 Å². The first-order chi connectivity index (χ1) is 11.7. The molecule has 1 unspecified atom stereocenters. The van der Waals surface area contributed by atoms with Crippen LogP contribution in [0.15, 0.2) is 0 Å². The van der Waals surface area contributed by atoms with E-state index in [1.807, 2.05) is 9.80 Å². The lowest BCUT2D eigenvalue weighted by molar-refractivity contribution is -0.153. The van der Waals surface area contributed by atoms with Crippen LogP contribution in [0.5, 0.6) is 0 Å². The Morgan fingerprint density at radius 1 is 1.17 bits per heavy atom. The molecule has 0 radical (unpaired) electrons. The summed E-state index contributed by atoms with van der Waals surface area (Å²) >= 11 is 0. The van der Waals surface area contributed by atoms with Crippen LogP contribution in [0.3, 0.4) is 0 Å². The Kier molecular flexibility index (Phi) is 5.73. The van der Waals surface area contributed by atoms with Crippen molar-refractivity contribution in [3.8, 4) is 0 Å². The van der Waals surface area contributed by atoms with Crippen LogP contribution in [0.25, 0.3) is 0 Å². The highest BCUT2D eigenvalue weighted by Crippen LogP contribution is 2.32. The third-order valence-electron chi connectivity index (χ3n) is 5.52. The predicted molar refractivity (Wildman–Crippen MR) is 88.5 cm³/mol. The molecule has 0 aliphatic carbocycles. The number of ether oxygens (including phenoxy) is 2. The van der Waals surface area contributed by atoms with Gasteiger partial charge in [-0.25, -0.2) is 0 Å². The van der Waals surface area contributed by atoms with E-state index in [9.17, 15) is 9.59 Å². The van der Waals surface area contributed by atoms with Crippen LogP contribution >= 0.6 is 0 Å². The number of carbonyl (C=O) groups excluding carboxylic acids is 2. The molecule has 3 saturated heterocycles. The lowest BCUT2D eigenvalue weighted by atomic mass is 9.78. The Hall–Kier alpha value is -1.18. The zero-order chi connectivity index (χ0) is 17.0. The van der Waals surface area contributed by atoms with Gasteiger partial charge in [0.2, 0.25) is 5.91 Å². The average molecular weight is 339 g/mol. The molecule has 24 heavy (non-hydrogen) atoms. The minimum atomic E-state index is -0.402. The summed E-state index contributed by atoms with van der Waals surface area (Å²) in [5.41, 5.74) is -0.402. The van der Waals surface area contributed by atoms with Gasteiger partial charge in [0.1, 0.15) is 6.10 Å². The maximum Gasteiger partial charge on any atom is 0.251 e. The highest BCUT2D eigenvalue weighted by atomic mass is 16.5. The highest BCUT2D eigenvalue weighted by Gasteiger charge is 2.43. The Bertz CT molecular complexity index is 445. The van der Waals surface area contributed by atoms with E-state index in [4.69, 9.17) is 9.47 Å². The van der Waals surface area contributed by atoms with Crippen LogP contribution < -0.4 is 5.32 Å². The van der Waals surface area contributed by atoms with E-state index in [2.05, 4.69) is 5.32 Å². The Balaban J connectivity index is 1.56. The zero-order valence-corrected chi connectivity index (χ0v) is 14.6. The van der Waals surface area contributed by atoms with Crippen molar-refractivity contribution in [1.29, 1.82) is 0 Å². The molecule has 0 saturated carbocycles. The molecule has 3 aliphatic rings. The maximum absolute atomic E-state index is 13.1. The van der Waals surface area contributed by atoms with Crippen molar-refractivity contribution in [2.24, 2.45) is 5.41 Å². The number of piperazine rings is 1. The zero-order valence-electron chi connectivity index (χ0n) is 14.6. The molecule has 1 atom stereocenters. The van der Waals surface area contributed by atoms with Crippen LogP contribution in [0.2, 0.25) is 0 Å². The van der Waals surface area contributed by atoms with E-state index in [1.165, 1.54) is 0 Å². The van der Waals surface area contributed by atoms with Gasteiger partial charge in [-0.2, -0.15) is 0 Å². The van der Waals surface area contributed by atoms with E-state index in [0.717, 1.165) is 38.8 Å². The second-order valence-electron chi connectivity index (χ2n) is 7.08. The minimum Gasteiger partial charge on any atom is -0.384 e. The standard InChI is InChI=1S/C17H29N3O4/c1-23-13-17(4-6-18-7-5-17)16(22)20-10-8-19(9-11-20)15(21)14-3-2-12-24-14/h14,18H,2-13H2,1H3. The number of amides is 2. The number of hydrogen-bond donors (Lipinski definition) is 1. The van der Waals surface area contributed by atoms with Crippen LogP contribution in [0.4, 0.5) is 0 Å². The summed E-state index contributed by atoms with van der Waals surface area (Å²) in [4.78, 5) is 29.3. The first-order valence-electron chi connectivity index (χ1n) is 9.06. The summed E-state index contributed by atoms with van der Waals surface area (Å²) in [5, 5.41) is 3.32. The monoisotopic (exact) mass is 339 g/mol. The van der Waals surface area contributed by atoms with E-state index in [1.54, 1.807) is 7.11 Å². The van der Waals surface area contributed by atoms with Gasteiger partial charge in [-0.1, -0.05) is 0 Å². The Morgan fingerprint density at radius 3 is 2.42 bits per heavy atom. The van der Waals surface area contributed by atoms with Gasteiger partial charge in [-0.3, -0.25) is 9.59 Å². The van der Waals surface area contributed by atoms with Gasteiger partial charge in [0.25, 0.3) is 5.91 Å². The molecule has 1 N–H and O–H groups in total. The van der Waals surface area contributed by atoms with Gasteiger partial charge in [0, 0.05) is 39.9 Å². The molecule has 136 valence electrons. The number of hydrogen-bond acceptors (Lipinski definition) is 5. The van der Waals surface area contributed by atoms with Crippen molar-refractivity contribution in [3.05, 3.63) is 0 Å². The molecule has 7 heteroatoms. The second kappa shape index (κ2) is 7.80. The fourth-order valence-corrected chi connectivity index (χ4v) is 4.04. The summed E-state index contributed by atoms with van der Waals surface area (Å²) in [7, 11) is 1.66. The quantitative estimate of drug-likeness (QED) is 0.771. The molecule has 0 aromatic carbocycles. The number of nitrogens with one attached hydrogen (secondary N) is 1. The van der Waals surface area contributed by atoms with Crippen molar-refractivity contribution in [2.75, 3.05) is 59.6 Å². The van der Waals surface area contributed by atoms with Crippen molar-refractivity contribution in [1.82, 2.24) is 15.1 Å². The van der Waals surface area contributed by atoms with Crippen molar-refractivity contribution in [2.45, 2.75) is 31.8 Å². The topological polar surface area (TPSA) is 71.1 Å². The summed E-state index contributed by atoms with van der Waals surface area (Å²) < 4.78 is 10.9. The van der Waals surface area contributed by atoms with Crippen LogP contribution in [0.1, 0.15) is 25.7 Å². The maximum atomic E-state index is 13.1. The fourth-order valence-electron chi connectivity index (χ4n) is 4.04. The first kappa shape index (κ1) is 17.6. The van der Waals surface area contributed by atoms with Gasteiger partial charge in [-0.15, -0.1) is 0 Å². The summed E-state index contributed by atoms with van der Waals surface area (Å²) in [6.45, 7) is 5.29. The molecule has 3 aliphatic heterocycles. The second-order valence-corrected chi connectivity index (χ2v) is 7.08. The van der Waals surface area contributed by atoms with Gasteiger partial charge in [0.15, 0.2) is 0 Å². The molecule has 2 amide bonds. The molecule has 3 fully saturated rings. The van der Waals surface area contributed by atoms with Gasteiger partial charge in [-0.05, 0) is 38.8 Å². The first-order valence-corrected chi connectivity index (χ1v) is 9.06. The third kappa shape index (κ3) is 3.58. The molecule has 7 nitrogen and oxygen atoms in total. The molecule has 0 aromatic rings. The number of nitrogens with zero attached hydrogens (tertiary/aromatic N) is 2. The van der Waals surface area contributed by atoms with Crippen LogP contribution in [-0.4, -0.2) is 87.3 Å². The average Bonchev–Trinajstić information content (AvgIpc) is 3.16. The molecule has 3 rings (SSSR count). The third-order valence-corrected chi connectivity index (χ3v) is 5.52. The highest BCUT2D eigenvalue weighted by molar-refractivity contribution is 5.84. The van der Waals surface area contributed by atoms with Gasteiger partial charge in [0.05, 0.1) is 12.0 Å². The van der Waals surface area contributed by atoms with E-state index in [0.29, 0.717) is 39.4 Å². The summed E-state index contributed by atoms with van der Waals surface area (Å²) in [5.74, 6) is 0.281. The van der Waals surface area contributed by atoms with E-state index in [-0.39, 0.29) is 17.9 Å². The normalized spacial score (nSPS) is 27.3. The molecule has 3 heterocycles. The number of carbonyl (C=O) groups is 2. The predicted octanol–water partition coefficient (Wildman–Crippen LogP) is -0.148. The number of methoxy groups -OCH3 is 1. The van der Waals surface area contributed by atoms with Crippen molar-refractivity contribution in [3.63, 3.8) is 0 Å². The lowest BCUT2D eigenvalue weighted by Crippen LogP contribution is -2.58. The van der Waals surface area contributed by atoms with Crippen LogP contribution in [0, 0.1) is 5.41 Å². The largest absolute Gasteiger partial charge is 0.384 e. The Labute approximate surface area is 143 Å². The SMILES string of the molecule is COCC1(C(=O)N2CCN(C(=O)C3CCCO3)CC2)CCNCC1. The summed E-state index contributed by atoms with van der Waals surface area (Å²) in [6.07, 6.45) is 3.14. The van der Waals surface area contributed by atoms with Gasteiger partial charge >= 0.3 is 0 Å². The molecular weight excluding hydrogens is 310 g/mol. The fraction of sp³-hybridized carbons (Fsp3) is 0.882. The summed E-state index contributed by atoms with van der Waals surface area (Å²) in [6, 6.07) is 0. The molecule has 0 aromatic heterocycles. The smallest absolute Gasteiger partial charge is 0.251 e. The molecule has 0 bridgehead atoms. The Morgan fingerprint density at radius 2 is 1.83 bits per heavy atom. The van der Waals surface area contributed by atoms with E-state index < -0.39 is 5.41 Å². The van der Waals surface area contributed by atoms with Crippen molar-refractivity contribution >= 4 is 11.8 Å². The lowest BCUT2D eigenvalue weighted by Gasteiger charge is -2.43. The molecular formula is C17H29N3O4.